The van der Waals surface area contributed by atoms with Crippen LogP contribution in [-0.4, -0.2) is 15.5 Å². The Kier molecular flexibility index (Phi) is 5.94. The fourth-order valence-electron chi connectivity index (χ4n) is 3.15. The molecule has 1 N–H and O–H groups in total. The van der Waals surface area contributed by atoms with Gasteiger partial charge in [0.15, 0.2) is 0 Å². The Morgan fingerprint density at radius 2 is 2.00 bits per heavy atom. The van der Waals surface area contributed by atoms with Crippen molar-refractivity contribution in [2.24, 2.45) is 0 Å². The number of halogens is 1. The van der Waals surface area contributed by atoms with E-state index in [-0.39, 0.29) is 11.9 Å². The molecule has 1 heterocycles. The summed E-state index contributed by atoms with van der Waals surface area (Å²) in [7, 11) is 0. The van der Waals surface area contributed by atoms with Crippen LogP contribution in [0, 0.1) is 0 Å². The number of nitrogens with zero attached hydrogens (tertiary/aromatic N) is 2. The first-order chi connectivity index (χ1) is 12.6. The molecule has 136 valence electrons. The lowest BCUT2D eigenvalue weighted by molar-refractivity contribution is 0.0937. The van der Waals surface area contributed by atoms with Gasteiger partial charge in [-0.05, 0) is 43.7 Å². The number of unbranched alkanes of at least 4 members (excludes halogenated alkanes) is 2. The molecular weight excluding hydrogens is 346 g/mol. The highest BCUT2D eigenvalue weighted by Gasteiger charge is 2.19. The molecule has 0 aliphatic carbocycles. The molecule has 1 unspecified atom stereocenters. The minimum absolute atomic E-state index is 0.146. The van der Waals surface area contributed by atoms with Crippen molar-refractivity contribution in [2.75, 3.05) is 0 Å². The van der Waals surface area contributed by atoms with Crippen LogP contribution in [-0.2, 0) is 6.54 Å². The van der Waals surface area contributed by atoms with E-state index in [0.29, 0.717) is 10.6 Å². The predicted molar refractivity (Wildman–Crippen MR) is 107 cm³/mol. The summed E-state index contributed by atoms with van der Waals surface area (Å²) in [5.41, 5.74) is 2.63. The molecule has 1 amide bonds. The number of aryl methyl sites for hydroxylation is 1. The lowest BCUT2D eigenvalue weighted by Gasteiger charge is -2.16. The summed E-state index contributed by atoms with van der Waals surface area (Å²) in [4.78, 5) is 17.3. The van der Waals surface area contributed by atoms with Crippen LogP contribution >= 0.6 is 11.6 Å². The second kappa shape index (κ2) is 8.37. The van der Waals surface area contributed by atoms with Crippen molar-refractivity contribution in [3.05, 3.63) is 64.9 Å². The van der Waals surface area contributed by atoms with Crippen LogP contribution in [0.3, 0.4) is 0 Å². The van der Waals surface area contributed by atoms with Crippen LogP contribution in [0.4, 0.5) is 0 Å². The van der Waals surface area contributed by atoms with Gasteiger partial charge in [-0.2, -0.15) is 0 Å². The molecule has 26 heavy (non-hydrogen) atoms. The highest BCUT2D eigenvalue weighted by molar-refractivity contribution is 6.30. The number of aromatic nitrogens is 2. The Morgan fingerprint density at radius 1 is 1.19 bits per heavy atom. The van der Waals surface area contributed by atoms with Crippen molar-refractivity contribution in [2.45, 2.75) is 45.7 Å². The molecule has 3 rings (SSSR count). The van der Waals surface area contributed by atoms with Crippen LogP contribution in [0.5, 0.6) is 0 Å². The molecule has 2 aromatic carbocycles. The molecular formula is C21H24ClN3O. The number of amides is 1. The lowest BCUT2D eigenvalue weighted by Crippen LogP contribution is -2.28. The number of carbonyl (C=O) groups excluding carboxylic acids is 1. The molecule has 0 aliphatic rings. The summed E-state index contributed by atoms with van der Waals surface area (Å²) in [5.74, 6) is 0.741. The van der Waals surface area contributed by atoms with Crippen molar-refractivity contribution in [3.8, 4) is 0 Å². The summed E-state index contributed by atoms with van der Waals surface area (Å²) in [5, 5.41) is 3.60. The molecule has 0 radical (unpaired) electrons. The third kappa shape index (κ3) is 4.07. The zero-order chi connectivity index (χ0) is 18.5. The van der Waals surface area contributed by atoms with E-state index in [9.17, 15) is 4.79 Å². The zero-order valence-electron chi connectivity index (χ0n) is 15.2. The summed E-state index contributed by atoms with van der Waals surface area (Å²) >= 11 is 6.00. The van der Waals surface area contributed by atoms with Crippen molar-refractivity contribution < 1.29 is 4.79 Å². The quantitative estimate of drug-likeness (QED) is 0.569. The van der Waals surface area contributed by atoms with Crippen LogP contribution in [0.2, 0.25) is 5.02 Å². The second-order valence-corrected chi connectivity index (χ2v) is 6.96. The number of carbonyl (C=O) groups is 1. The maximum absolute atomic E-state index is 12.6. The summed E-state index contributed by atoms with van der Waals surface area (Å²) < 4.78 is 2.23. The van der Waals surface area contributed by atoms with Crippen molar-refractivity contribution in [1.82, 2.24) is 14.9 Å². The van der Waals surface area contributed by atoms with E-state index < -0.39 is 0 Å². The van der Waals surface area contributed by atoms with Gasteiger partial charge in [0.1, 0.15) is 5.82 Å². The zero-order valence-corrected chi connectivity index (χ0v) is 16.0. The summed E-state index contributed by atoms with van der Waals surface area (Å²) in [6.07, 6.45) is 3.44. The van der Waals surface area contributed by atoms with Gasteiger partial charge in [-0.1, -0.05) is 49.6 Å². The van der Waals surface area contributed by atoms with Gasteiger partial charge in [0.25, 0.3) is 5.91 Å². The number of hydrogen-bond donors (Lipinski definition) is 1. The third-order valence-corrected chi connectivity index (χ3v) is 4.73. The maximum atomic E-state index is 12.6. The van der Waals surface area contributed by atoms with Crippen molar-refractivity contribution >= 4 is 28.5 Å². The highest BCUT2D eigenvalue weighted by atomic mass is 35.5. The highest BCUT2D eigenvalue weighted by Crippen LogP contribution is 2.22. The number of para-hydroxylation sites is 2. The Labute approximate surface area is 159 Å². The van der Waals surface area contributed by atoms with E-state index in [1.807, 2.05) is 25.1 Å². The van der Waals surface area contributed by atoms with E-state index >= 15 is 0 Å². The monoisotopic (exact) mass is 369 g/mol. The number of fused-ring (bicyclic) bond motifs is 1. The van der Waals surface area contributed by atoms with Crippen LogP contribution in [0.25, 0.3) is 11.0 Å². The molecule has 0 bridgehead atoms. The molecule has 4 nitrogen and oxygen atoms in total. The van der Waals surface area contributed by atoms with Gasteiger partial charge in [-0.25, -0.2) is 4.98 Å². The Balaban J connectivity index is 1.85. The van der Waals surface area contributed by atoms with E-state index in [0.717, 1.165) is 29.8 Å². The molecule has 5 heteroatoms. The van der Waals surface area contributed by atoms with Crippen LogP contribution in [0.1, 0.15) is 55.3 Å². The molecule has 0 spiro atoms. The smallest absolute Gasteiger partial charge is 0.251 e. The number of imidazole rings is 1. The van der Waals surface area contributed by atoms with Gasteiger partial charge >= 0.3 is 0 Å². The predicted octanol–water partition coefficient (Wildman–Crippen LogP) is 5.37. The normalized spacial score (nSPS) is 12.3. The first-order valence-electron chi connectivity index (χ1n) is 9.11. The van der Waals surface area contributed by atoms with Crippen molar-refractivity contribution in [3.63, 3.8) is 0 Å². The minimum Gasteiger partial charge on any atom is -0.342 e. The average molecular weight is 370 g/mol. The third-order valence-electron chi connectivity index (χ3n) is 4.49. The standard InChI is InChI=1S/C21H24ClN3O/c1-3-4-7-13-25-19-12-6-5-11-18(19)24-20(25)15(2)23-21(26)16-9-8-10-17(22)14-16/h5-6,8-12,14-15H,3-4,7,13H2,1-2H3,(H,23,26). The molecule has 0 fully saturated rings. The minimum atomic E-state index is -0.199. The van der Waals surface area contributed by atoms with Crippen molar-refractivity contribution in [1.29, 1.82) is 0 Å². The molecule has 1 aromatic heterocycles. The lowest BCUT2D eigenvalue weighted by atomic mass is 10.2. The number of nitrogens with one attached hydrogen (secondary N) is 1. The van der Waals surface area contributed by atoms with E-state index in [1.54, 1.807) is 24.3 Å². The van der Waals surface area contributed by atoms with E-state index in [2.05, 4.69) is 22.9 Å². The average Bonchev–Trinajstić information content (AvgIpc) is 3.01. The van der Waals surface area contributed by atoms with Gasteiger partial charge in [-0.3, -0.25) is 4.79 Å². The second-order valence-electron chi connectivity index (χ2n) is 6.52. The van der Waals surface area contributed by atoms with Gasteiger partial charge in [0, 0.05) is 17.1 Å². The fourth-order valence-corrected chi connectivity index (χ4v) is 3.34. The molecule has 0 aliphatic heterocycles. The first kappa shape index (κ1) is 18.5. The molecule has 3 aromatic rings. The largest absolute Gasteiger partial charge is 0.342 e. The Hall–Kier alpha value is -2.33. The van der Waals surface area contributed by atoms with Gasteiger partial charge in [0.05, 0.1) is 17.1 Å². The molecule has 0 saturated carbocycles. The van der Waals surface area contributed by atoms with Gasteiger partial charge < -0.3 is 9.88 Å². The van der Waals surface area contributed by atoms with Crippen LogP contribution < -0.4 is 5.32 Å². The summed E-state index contributed by atoms with van der Waals surface area (Å²) in [6.45, 7) is 5.07. The topological polar surface area (TPSA) is 46.9 Å². The Bertz CT molecular complexity index is 903. The fraction of sp³-hybridized carbons (Fsp3) is 0.333. The first-order valence-corrected chi connectivity index (χ1v) is 9.49. The Morgan fingerprint density at radius 3 is 2.77 bits per heavy atom. The molecule has 0 saturated heterocycles. The molecule has 1 atom stereocenters. The van der Waals surface area contributed by atoms with E-state index in [4.69, 9.17) is 16.6 Å². The number of benzene rings is 2. The van der Waals surface area contributed by atoms with E-state index in [1.165, 1.54) is 12.8 Å². The SMILES string of the molecule is CCCCCn1c(C(C)NC(=O)c2cccc(Cl)c2)nc2ccccc21. The van der Waals surface area contributed by atoms with Crippen LogP contribution in [0.15, 0.2) is 48.5 Å². The number of hydrogen-bond acceptors (Lipinski definition) is 2. The maximum Gasteiger partial charge on any atom is 0.251 e. The number of rotatable bonds is 7. The van der Waals surface area contributed by atoms with Gasteiger partial charge in [0.2, 0.25) is 0 Å². The van der Waals surface area contributed by atoms with Gasteiger partial charge in [-0.15, -0.1) is 0 Å². The summed E-state index contributed by atoms with van der Waals surface area (Å²) in [6, 6.07) is 14.9.